The molecule has 2 nitrogen and oxygen atoms in total. The van der Waals surface area contributed by atoms with Gasteiger partial charge in [0, 0.05) is 29.3 Å². The summed E-state index contributed by atoms with van der Waals surface area (Å²) in [7, 11) is 0. The highest BCUT2D eigenvalue weighted by molar-refractivity contribution is 9.10. The Bertz CT molecular complexity index is 380. The van der Waals surface area contributed by atoms with Crippen LogP contribution in [0.2, 0.25) is 0 Å². The Morgan fingerprint density at radius 3 is 2.76 bits per heavy atom. The fourth-order valence-corrected chi connectivity index (χ4v) is 2.67. The van der Waals surface area contributed by atoms with Gasteiger partial charge in [0.05, 0.1) is 0 Å². The van der Waals surface area contributed by atoms with Gasteiger partial charge in [-0.2, -0.15) is 0 Å². The smallest absolute Gasteiger partial charge is 0.0378 e. The molecule has 0 spiro atoms. The summed E-state index contributed by atoms with van der Waals surface area (Å²) >= 11 is 3.62. The molecular formula is C14H21BrN2. The van der Waals surface area contributed by atoms with E-state index in [0.29, 0.717) is 12.0 Å². The molecular weight excluding hydrogens is 276 g/mol. The van der Waals surface area contributed by atoms with Crippen LogP contribution in [0.25, 0.3) is 0 Å². The van der Waals surface area contributed by atoms with Crippen LogP contribution in [0.3, 0.4) is 0 Å². The number of nitrogens with one attached hydrogen (secondary N) is 1. The van der Waals surface area contributed by atoms with E-state index >= 15 is 0 Å². The summed E-state index contributed by atoms with van der Waals surface area (Å²) in [5, 5.41) is 3.57. The maximum absolute atomic E-state index is 3.62. The maximum Gasteiger partial charge on any atom is 0.0378 e. The van der Waals surface area contributed by atoms with Gasteiger partial charge in [0.2, 0.25) is 0 Å². The molecule has 0 bridgehead atoms. The number of hydrogen-bond acceptors (Lipinski definition) is 2. The minimum atomic E-state index is 0.556. The molecule has 1 fully saturated rings. The van der Waals surface area contributed by atoms with Gasteiger partial charge in [0.15, 0.2) is 0 Å². The molecule has 1 aromatic carbocycles. The molecule has 1 N–H and O–H groups in total. The topological polar surface area (TPSA) is 15.3 Å². The van der Waals surface area contributed by atoms with Crippen LogP contribution in [0, 0.1) is 12.8 Å². The average Bonchev–Trinajstić information content (AvgIpc) is 2.45. The summed E-state index contributed by atoms with van der Waals surface area (Å²) in [6, 6.07) is 7.21. The van der Waals surface area contributed by atoms with Gasteiger partial charge >= 0.3 is 0 Å². The quantitative estimate of drug-likeness (QED) is 0.856. The number of anilines is 1. The lowest BCUT2D eigenvalue weighted by atomic mass is 10.1. The van der Waals surface area contributed by atoms with E-state index in [9.17, 15) is 0 Å². The van der Waals surface area contributed by atoms with E-state index in [1.165, 1.54) is 15.7 Å². The molecule has 1 aliphatic heterocycles. The van der Waals surface area contributed by atoms with Crippen LogP contribution < -0.4 is 10.2 Å². The largest absolute Gasteiger partial charge is 0.370 e. The third-order valence-corrected chi connectivity index (χ3v) is 4.22. The van der Waals surface area contributed by atoms with Gasteiger partial charge < -0.3 is 10.2 Å². The van der Waals surface area contributed by atoms with E-state index in [4.69, 9.17) is 0 Å². The molecule has 0 aromatic heterocycles. The lowest BCUT2D eigenvalue weighted by Crippen LogP contribution is -2.35. The minimum absolute atomic E-state index is 0.556. The fraction of sp³-hybridized carbons (Fsp3) is 0.571. The van der Waals surface area contributed by atoms with Gasteiger partial charge in [-0.3, -0.25) is 0 Å². The highest BCUT2D eigenvalue weighted by Crippen LogP contribution is 2.25. The SMILES string of the molecule is Cc1ccc(N2CC(C)CNC(C)C2)cc1Br. The monoisotopic (exact) mass is 296 g/mol. The van der Waals surface area contributed by atoms with E-state index in [-0.39, 0.29) is 0 Å². The van der Waals surface area contributed by atoms with E-state index < -0.39 is 0 Å². The Morgan fingerprint density at radius 2 is 2.06 bits per heavy atom. The van der Waals surface area contributed by atoms with Gasteiger partial charge in [0.25, 0.3) is 0 Å². The molecule has 3 heteroatoms. The first-order valence-corrected chi connectivity index (χ1v) is 7.10. The van der Waals surface area contributed by atoms with Crippen molar-refractivity contribution in [3.8, 4) is 0 Å². The zero-order valence-electron chi connectivity index (χ0n) is 10.8. The Labute approximate surface area is 113 Å². The normalized spacial score (nSPS) is 25.8. The number of nitrogens with zero attached hydrogens (tertiary/aromatic N) is 1. The molecule has 0 radical (unpaired) electrons. The summed E-state index contributed by atoms with van der Waals surface area (Å²) < 4.78 is 1.20. The van der Waals surface area contributed by atoms with Crippen molar-refractivity contribution in [3.05, 3.63) is 28.2 Å². The van der Waals surface area contributed by atoms with Crippen molar-refractivity contribution in [1.29, 1.82) is 0 Å². The standard InChI is InChI=1S/C14H21BrN2/c1-10-7-16-12(3)9-17(8-10)13-5-4-11(2)14(15)6-13/h4-6,10,12,16H,7-9H2,1-3H3. The zero-order chi connectivity index (χ0) is 12.4. The van der Waals surface area contributed by atoms with Crippen molar-refractivity contribution < 1.29 is 0 Å². The van der Waals surface area contributed by atoms with Crippen LogP contribution in [0.1, 0.15) is 19.4 Å². The number of aryl methyl sites for hydroxylation is 1. The van der Waals surface area contributed by atoms with Crippen LogP contribution in [-0.2, 0) is 0 Å². The Kier molecular flexibility index (Phi) is 4.10. The molecule has 94 valence electrons. The van der Waals surface area contributed by atoms with E-state index in [0.717, 1.165) is 19.6 Å². The average molecular weight is 297 g/mol. The molecule has 2 rings (SSSR count). The van der Waals surface area contributed by atoms with Gasteiger partial charge in [-0.15, -0.1) is 0 Å². The van der Waals surface area contributed by atoms with Crippen LogP contribution in [0.15, 0.2) is 22.7 Å². The van der Waals surface area contributed by atoms with E-state index in [2.05, 4.69) is 65.1 Å². The van der Waals surface area contributed by atoms with Crippen molar-refractivity contribution in [1.82, 2.24) is 5.32 Å². The summed E-state index contributed by atoms with van der Waals surface area (Å²) in [5.41, 5.74) is 2.62. The molecule has 0 aliphatic carbocycles. The van der Waals surface area contributed by atoms with Gasteiger partial charge in [-0.1, -0.05) is 28.9 Å². The molecule has 1 saturated heterocycles. The fourth-order valence-electron chi connectivity index (χ4n) is 2.30. The van der Waals surface area contributed by atoms with Crippen LogP contribution in [-0.4, -0.2) is 25.7 Å². The van der Waals surface area contributed by atoms with Gasteiger partial charge in [-0.05, 0) is 44.0 Å². The molecule has 2 atom stereocenters. The Hall–Kier alpha value is -0.540. The molecule has 0 amide bonds. The first kappa shape index (κ1) is 12.9. The Balaban J connectivity index is 2.21. The second-order valence-corrected chi connectivity index (χ2v) is 6.11. The van der Waals surface area contributed by atoms with Crippen molar-refractivity contribution in [2.75, 3.05) is 24.5 Å². The molecule has 17 heavy (non-hydrogen) atoms. The van der Waals surface area contributed by atoms with Crippen LogP contribution in [0.4, 0.5) is 5.69 Å². The molecule has 0 saturated carbocycles. The second-order valence-electron chi connectivity index (χ2n) is 5.25. The zero-order valence-corrected chi connectivity index (χ0v) is 12.4. The van der Waals surface area contributed by atoms with E-state index in [1.54, 1.807) is 0 Å². The molecule has 1 heterocycles. The third kappa shape index (κ3) is 3.23. The van der Waals surface area contributed by atoms with Crippen molar-refractivity contribution in [2.45, 2.75) is 26.8 Å². The first-order valence-electron chi connectivity index (χ1n) is 6.30. The number of rotatable bonds is 1. The predicted octanol–water partition coefficient (Wildman–Crippen LogP) is 3.19. The maximum atomic E-state index is 3.62. The summed E-state index contributed by atoms with van der Waals surface area (Å²) in [5.74, 6) is 0.694. The van der Waals surface area contributed by atoms with Crippen LogP contribution >= 0.6 is 15.9 Å². The van der Waals surface area contributed by atoms with Crippen molar-refractivity contribution in [3.63, 3.8) is 0 Å². The Morgan fingerprint density at radius 1 is 1.29 bits per heavy atom. The summed E-state index contributed by atoms with van der Waals surface area (Å²) in [4.78, 5) is 2.49. The summed E-state index contributed by atoms with van der Waals surface area (Å²) in [6.45, 7) is 10.0. The number of halogens is 1. The lowest BCUT2D eigenvalue weighted by Gasteiger charge is -2.26. The van der Waals surface area contributed by atoms with Crippen LogP contribution in [0.5, 0.6) is 0 Å². The van der Waals surface area contributed by atoms with Crippen molar-refractivity contribution >= 4 is 21.6 Å². The highest BCUT2D eigenvalue weighted by atomic mass is 79.9. The molecule has 2 unspecified atom stereocenters. The highest BCUT2D eigenvalue weighted by Gasteiger charge is 2.19. The number of benzene rings is 1. The predicted molar refractivity (Wildman–Crippen MR) is 77.7 cm³/mol. The molecule has 1 aromatic rings. The van der Waals surface area contributed by atoms with Gasteiger partial charge in [0.1, 0.15) is 0 Å². The van der Waals surface area contributed by atoms with Crippen molar-refractivity contribution in [2.24, 2.45) is 5.92 Å². The lowest BCUT2D eigenvalue weighted by molar-refractivity contribution is 0.525. The molecule has 1 aliphatic rings. The minimum Gasteiger partial charge on any atom is -0.370 e. The number of hydrogen-bond donors (Lipinski definition) is 1. The van der Waals surface area contributed by atoms with Gasteiger partial charge in [-0.25, -0.2) is 0 Å². The second kappa shape index (κ2) is 5.40. The first-order chi connectivity index (χ1) is 8.06. The third-order valence-electron chi connectivity index (χ3n) is 3.36. The van der Waals surface area contributed by atoms with E-state index in [1.807, 2.05) is 0 Å². The summed E-state index contributed by atoms with van der Waals surface area (Å²) in [6.07, 6.45) is 0.